The highest BCUT2D eigenvalue weighted by Crippen LogP contribution is 2.17. The Morgan fingerprint density at radius 3 is 2.64 bits per heavy atom. The number of carbonyl (C=O) groups excluding carboxylic acids is 2. The van der Waals surface area contributed by atoms with Crippen molar-refractivity contribution >= 4 is 28.8 Å². The first-order valence-electron chi connectivity index (χ1n) is 6.87. The van der Waals surface area contributed by atoms with Crippen molar-refractivity contribution in [2.24, 2.45) is 5.73 Å². The van der Waals surface area contributed by atoms with Crippen LogP contribution in [0.1, 0.15) is 20.8 Å². The summed E-state index contributed by atoms with van der Waals surface area (Å²) in [7, 11) is 1.89. The van der Waals surface area contributed by atoms with Gasteiger partial charge in [0, 0.05) is 11.4 Å². The first kappa shape index (κ1) is 16.2. The van der Waals surface area contributed by atoms with Crippen molar-refractivity contribution in [3.05, 3.63) is 51.7 Å². The average Bonchev–Trinajstić information content (AvgIpc) is 2.84. The van der Waals surface area contributed by atoms with Crippen molar-refractivity contribution < 1.29 is 9.59 Å². The summed E-state index contributed by atoms with van der Waals surface area (Å²) in [6.45, 7) is 3.02. The molecule has 1 aromatic heterocycles. The maximum Gasteiger partial charge on any atom is 0.250 e. The summed E-state index contributed by atoms with van der Waals surface area (Å²) in [5.41, 5.74) is 7.29. The number of likely N-dealkylation sites (N-methyl/N-ethyl adjacent to an activating group) is 1. The molecule has 0 aliphatic heterocycles. The van der Waals surface area contributed by atoms with Crippen LogP contribution < -0.4 is 11.1 Å². The molecule has 0 radical (unpaired) electrons. The van der Waals surface area contributed by atoms with Crippen molar-refractivity contribution in [3.8, 4) is 0 Å². The first-order chi connectivity index (χ1) is 10.5. The van der Waals surface area contributed by atoms with Crippen molar-refractivity contribution in [1.82, 2.24) is 4.90 Å². The van der Waals surface area contributed by atoms with Gasteiger partial charge in [0.1, 0.15) is 0 Å². The minimum absolute atomic E-state index is 0.176. The van der Waals surface area contributed by atoms with Gasteiger partial charge in [0.25, 0.3) is 5.91 Å². The summed E-state index contributed by atoms with van der Waals surface area (Å²) in [6.07, 6.45) is 0. The Balaban J connectivity index is 1.96. The van der Waals surface area contributed by atoms with Crippen LogP contribution in [0.15, 0.2) is 35.7 Å². The third-order valence-corrected chi connectivity index (χ3v) is 4.27. The minimum Gasteiger partial charge on any atom is -0.366 e. The molecule has 1 heterocycles. The molecular weight excluding hydrogens is 298 g/mol. The number of primary amides is 1. The number of anilines is 1. The summed E-state index contributed by atoms with van der Waals surface area (Å²) >= 11 is 1.68. The van der Waals surface area contributed by atoms with E-state index >= 15 is 0 Å². The number of nitrogens with one attached hydrogen (secondary N) is 1. The number of carbonyl (C=O) groups is 2. The van der Waals surface area contributed by atoms with E-state index in [1.54, 1.807) is 35.6 Å². The molecule has 5 nitrogen and oxygen atoms in total. The fourth-order valence-electron chi connectivity index (χ4n) is 2.11. The second-order valence-electron chi connectivity index (χ2n) is 5.16. The molecule has 116 valence electrons. The molecule has 2 aromatic rings. The largest absolute Gasteiger partial charge is 0.366 e. The number of aryl methyl sites for hydroxylation is 1. The van der Waals surface area contributed by atoms with Crippen LogP contribution in [0.3, 0.4) is 0 Å². The fourth-order valence-corrected chi connectivity index (χ4v) is 3.09. The van der Waals surface area contributed by atoms with Crippen molar-refractivity contribution in [1.29, 1.82) is 0 Å². The monoisotopic (exact) mass is 317 g/mol. The number of benzene rings is 1. The number of amides is 2. The van der Waals surface area contributed by atoms with Crippen molar-refractivity contribution in [2.75, 3.05) is 18.9 Å². The highest BCUT2D eigenvalue weighted by molar-refractivity contribution is 7.10. The third-order valence-electron chi connectivity index (χ3n) is 3.26. The number of hydrogen-bond acceptors (Lipinski definition) is 4. The zero-order chi connectivity index (χ0) is 16.1. The zero-order valence-electron chi connectivity index (χ0n) is 12.6. The van der Waals surface area contributed by atoms with Crippen molar-refractivity contribution in [3.63, 3.8) is 0 Å². The highest BCUT2D eigenvalue weighted by atomic mass is 32.1. The SMILES string of the molecule is Cc1ccsc1CN(C)CC(=O)Nc1ccccc1C(N)=O. The van der Waals surface area contributed by atoms with Crippen LogP contribution in [0.25, 0.3) is 0 Å². The number of thiophene rings is 1. The molecule has 0 saturated heterocycles. The Bertz CT molecular complexity index is 682. The molecule has 2 amide bonds. The summed E-state index contributed by atoms with van der Waals surface area (Å²) < 4.78 is 0. The van der Waals surface area contributed by atoms with E-state index in [1.165, 1.54) is 10.4 Å². The smallest absolute Gasteiger partial charge is 0.250 e. The van der Waals surface area contributed by atoms with Gasteiger partial charge in [-0.1, -0.05) is 12.1 Å². The Labute approximate surface area is 133 Å². The quantitative estimate of drug-likeness (QED) is 0.858. The van der Waals surface area contributed by atoms with E-state index in [0.29, 0.717) is 17.8 Å². The highest BCUT2D eigenvalue weighted by Gasteiger charge is 2.13. The number of hydrogen-bond donors (Lipinski definition) is 2. The normalized spacial score (nSPS) is 10.7. The summed E-state index contributed by atoms with van der Waals surface area (Å²) in [4.78, 5) is 26.6. The van der Waals surface area contributed by atoms with Crippen LogP contribution >= 0.6 is 11.3 Å². The van der Waals surface area contributed by atoms with Gasteiger partial charge in [0.05, 0.1) is 17.8 Å². The fraction of sp³-hybridized carbons (Fsp3) is 0.250. The lowest BCUT2D eigenvalue weighted by molar-refractivity contribution is -0.117. The molecule has 2 rings (SSSR count). The Kier molecular flexibility index (Phi) is 5.30. The first-order valence-corrected chi connectivity index (χ1v) is 7.75. The molecule has 0 fully saturated rings. The summed E-state index contributed by atoms with van der Waals surface area (Å²) in [6, 6.07) is 8.79. The lowest BCUT2D eigenvalue weighted by Crippen LogP contribution is -2.30. The van der Waals surface area contributed by atoms with E-state index in [0.717, 1.165) is 0 Å². The predicted molar refractivity (Wildman–Crippen MR) is 89.0 cm³/mol. The number of rotatable bonds is 6. The molecule has 6 heteroatoms. The Morgan fingerprint density at radius 1 is 1.27 bits per heavy atom. The molecule has 0 bridgehead atoms. The van der Waals surface area contributed by atoms with E-state index in [2.05, 4.69) is 18.3 Å². The number of nitrogens with two attached hydrogens (primary N) is 1. The van der Waals surface area contributed by atoms with Gasteiger partial charge in [-0.05, 0) is 43.1 Å². The Morgan fingerprint density at radius 2 is 2.00 bits per heavy atom. The second kappa shape index (κ2) is 7.20. The van der Waals surface area contributed by atoms with Gasteiger partial charge in [-0.3, -0.25) is 14.5 Å². The van der Waals surface area contributed by atoms with Crippen molar-refractivity contribution in [2.45, 2.75) is 13.5 Å². The van der Waals surface area contributed by atoms with Gasteiger partial charge >= 0.3 is 0 Å². The standard InChI is InChI=1S/C16H19N3O2S/c1-11-7-8-22-14(11)9-19(2)10-15(20)18-13-6-4-3-5-12(13)16(17)21/h3-8H,9-10H2,1-2H3,(H2,17,21)(H,18,20). The van der Waals surface area contributed by atoms with E-state index in [-0.39, 0.29) is 12.5 Å². The maximum absolute atomic E-state index is 12.1. The number of para-hydroxylation sites is 1. The molecule has 0 saturated carbocycles. The lowest BCUT2D eigenvalue weighted by Gasteiger charge is -2.16. The summed E-state index contributed by atoms with van der Waals surface area (Å²) in [5.74, 6) is -0.733. The van der Waals surface area contributed by atoms with Crippen LogP contribution in [-0.4, -0.2) is 30.3 Å². The van der Waals surface area contributed by atoms with Crippen LogP contribution in [-0.2, 0) is 11.3 Å². The molecule has 3 N–H and O–H groups in total. The molecule has 0 unspecified atom stereocenters. The average molecular weight is 317 g/mol. The van der Waals surface area contributed by atoms with Crippen LogP contribution in [0, 0.1) is 6.92 Å². The molecular formula is C16H19N3O2S. The molecule has 0 atom stereocenters. The van der Waals surface area contributed by atoms with Gasteiger partial charge < -0.3 is 11.1 Å². The molecule has 0 spiro atoms. The van der Waals surface area contributed by atoms with Crippen LogP contribution in [0.4, 0.5) is 5.69 Å². The van der Waals surface area contributed by atoms with Gasteiger partial charge in [0.15, 0.2) is 0 Å². The molecule has 22 heavy (non-hydrogen) atoms. The van der Waals surface area contributed by atoms with E-state index in [1.807, 2.05) is 17.3 Å². The lowest BCUT2D eigenvalue weighted by atomic mass is 10.1. The van der Waals surface area contributed by atoms with Gasteiger partial charge in [-0.2, -0.15) is 0 Å². The predicted octanol–water partition coefficient (Wildman–Crippen LogP) is 2.23. The Hall–Kier alpha value is -2.18. The molecule has 1 aromatic carbocycles. The molecule has 0 aliphatic rings. The second-order valence-corrected chi connectivity index (χ2v) is 6.16. The van der Waals surface area contributed by atoms with Crippen LogP contribution in [0.2, 0.25) is 0 Å². The van der Waals surface area contributed by atoms with E-state index in [4.69, 9.17) is 5.73 Å². The summed E-state index contributed by atoms with van der Waals surface area (Å²) in [5, 5.41) is 4.78. The van der Waals surface area contributed by atoms with Gasteiger partial charge in [0.2, 0.25) is 5.91 Å². The third kappa shape index (κ3) is 4.16. The topological polar surface area (TPSA) is 75.4 Å². The number of nitrogens with zero attached hydrogens (tertiary/aromatic N) is 1. The van der Waals surface area contributed by atoms with Gasteiger partial charge in [-0.15, -0.1) is 11.3 Å². The van der Waals surface area contributed by atoms with Crippen LogP contribution in [0.5, 0.6) is 0 Å². The maximum atomic E-state index is 12.1. The molecule has 0 aliphatic carbocycles. The van der Waals surface area contributed by atoms with E-state index in [9.17, 15) is 9.59 Å². The van der Waals surface area contributed by atoms with E-state index < -0.39 is 5.91 Å². The van der Waals surface area contributed by atoms with Gasteiger partial charge in [-0.25, -0.2) is 0 Å². The zero-order valence-corrected chi connectivity index (χ0v) is 13.4. The minimum atomic E-state index is -0.557.